The van der Waals surface area contributed by atoms with E-state index in [1.165, 1.54) is 18.9 Å². The average Bonchev–Trinajstić information content (AvgIpc) is 2.18. The Balaban J connectivity index is 3.09. The zero-order valence-electron chi connectivity index (χ0n) is 9.90. The van der Waals surface area contributed by atoms with Gasteiger partial charge in [0.2, 0.25) is 0 Å². The van der Waals surface area contributed by atoms with Crippen molar-refractivity contribution in [3.05, 3.63) is 17.8 Å². The van der Waals surface area contributed by atoms with Crippen LogP contribution in [0.15, 0.2) is 17.3 Å². The lowest BCUT2D eigenvalue weighted by Gasteiger charge is -2.18. The van der Waals surface area contributed by atoms with Gasteiger partial charge in [0.15, 0.2) is 0 Å². The van der Waals surface area contributed by atoms with Crippen LogP contribution < -0.4 is 5.73 Å². The number of nitrogens with zero attached hydrogens (tertiary/aromatic N) is 1. The molecule has 16 heavy (non-hydrogen) atoms. The normalized spacial score (nSPS) is 11.2. The summed E-state index contributed by atoms with van der Waals surface area (Å²) in [5.41, 5.74) is 6.63. The summed E-state index contributed by atoms with van der Waals surface area (Å²) < 4.78 is 4.64. The van der Waals surface area contributed by atoms with Crippen molar-refractivity contribution in [2.24, 2.45) is 0 Å². The van der Waals surface area contributed by atoms with Gasteiger partial charge in [0.05, 0.1) is 18.4 Å². The molecule has 0 radical (unpaired) electrons. The molecule has 5 heteroatoms. The van der Waals surface area contributed by atoms with Crippen LogP contribution >= 0.6 is 11.8 Å². The SMILES string of the molecule is COC(=O)c1ccnc(SC(C)(C)C)c1N. The summed E-state index contributed by atoms with van der Waals surface area (Å²) in [4.78, 5) is 15.6. The highest BCUT2D eigenvalue weighted by molar-refractivity contribution is 8.00. The number of hydrogen-bond donors (Lipinski definition) is 1. The lowest BCUT2D eigenvalue weighted by atomic mass is 10.2. The monoisotopic (exact) mass is 240 g/mol. The molecule has 1 heterocycles. The summed E-state index contributed by atoms with van der Waals surface area (Å²) in [6, 6.07) is 1.56. The highest BCUT2D eigenvalue weighted by Crippen LogP contribution is 2.35. The third-order valence-electron chi connectivity index (χ3n) is 1.76. The molecule has 1 aromatic rings. The van der Waals surface area contributed by atoms with E-state index >= 15 is 0 Å². The van der Waals surface area contributed by atoms with Crippen LogP contribution in [0.4, 0.5) is 5.69 Å². The van der Waals surface area contributed by atoms with Crippen LogP contribution in [-0.4, -0.2) is 22.8 Å². The second kappa shape index (κ2) is 4.74. The molecule has 2 N–H and O–H groups in total. The highest BCUT2D eigenvalue weighted by Gasteiger charge is 2.19. The second-order valence-electron chi connectivity index (χ2n) is 4.28. The van der Waals surface area contributed by atoms with Gasteiger partial charge < -0.3 is 10.5 Å². The van der Waals surface area contributed by atoms with Crippen molar-refractivity contribution < 1.29 is 9.53 Å². The molecule has 88 valence electrons. The lowest BCUT2D eigenvalue weighted by Crippen LogP contribution is -2.11. The molecule has 0 aliphatic heterocycles. The minimum Gasteiger partial charge on any atom is -0.465 e. The number of carbonyl (C=O) groups is 1. The molecular formula is C11H16N2O2S. The number of pyridine rings is 1. The van der Waals surface area contributed by atoms with Crippen LogP contribution in [0.1, 0.15) is 31.1 Å². The zero-order valence-corrected chi connectivity index (χ0v) is 10.7. The summed E-state index contributed by atoms with van der Waals surface area (Å²) in [7, 11) is 1.33. The maximum Gasteiger partial charge on any atom is 0.340 e. The molecule has 0 atom stereocenters. The number of esters is 1. The Hall–Kier alpha value is -1.23. The molecule has 0 spiro atoms. The van der Waals surface area contributed by atoms with Gasteiger partial charge in [-0.2, -0.15) is 0 Å². The molecule has 0 bridgehead atoms. The van der Waals surface area contributed by atoms with Crippen LogP contribution in [0.3, 0.4) is 0 Å². The first-order chi connectivity index (χ1) is 7.35. The van der Waals surface area contributed by atoms with Gasteiger partial charge in [0.25, 0.3) is 0 Å². The number of ether oxygens (including phenoxy) is 1. The van der Waals surface area contributed by atoms with E-state index in [4.69, 9.17) is 5.73 Å². The van der Waals surface area contributed by atoms with Gasteiger partial charge in [-0.05, 0) is 6.07 Å². The summed E-state index contributed by atoms with van der Waals surface area (Å²) in [6.45, 7) is 6.18. The van der Waals surface area contributed by atoms with E-state index in [0.29, 0.717) is 16.3 Å². The standard InChI is InChI=1S/C11H16N2O2S/c1-11(2,3)16-9-8(12)7(5-6-13-9)10(14)15-4/h5-6H,12H2,1-4H3. The maximum absolute atomic E-state index is 11.4. The number of carbonyl (C=O) groups excluding carboxylic acids is 1. The van der Waals surface area contributed by atoms with Gasteiger partial charge in [0, 0.05) is 10.9 Å². The van der Waals surface area contributed by atoms with Gasteiger partial charge in [-0.25, -0.2) is 9.78 Å². The van der Waals surface area contributed by atoms with Gasteiger partial charge in [-0.1, -0.05) is 32.5 Å². The van der Waals surface area contributed by atoms with Crippen molar-refractivity contribution in [2.75, 3.05) is 12.8 Å². The molecule has 0 saturated heterocycles. The van der Waals surface area contributed by atoms with Crippen LogP contribution in [-0.2, 0) is 4.74 Å². The number of hydrogen-bond acceptors (Lipinski definition) is 5. The number of aromatic nitrogens is 1. The Morgan fingerprint density at radius 3 is 2.62 bits per heavy atom. The molecule has 1 rings (SSSR count). The van der Waals surface area contributed by atoms with E-state index in [1.54, 1.807) is 12.3 Å². The van der Waals surface area contributed by atoms with Crippen molar-refractivity contribution in [1.82, 2.24) is 4.98 Å². The smallest absolute Gasteiger partial charge is 0.340 e. The van der Waals surface area contributed by atoms with E-state index in [1.807, 2.05) is 0 Å². The first-order valence-electron chi connectivity index (χ1n) is 4.87. The van der Waals surface area contributed by atoms with Gasteiger partial charge in [-0.15, -0.1) is 0 Å². The predicted molar refractivity (Wildman–Crippen MR) is 65.6 cm³/mol. The summed E-state index contributed by atoms with van der Waals surface area (Å²) in [5.74, 6) is -0.435. The number of nitrogens with two attached hydrogens (primary N) is 1. The van der Waals surface area contributed by atoms with Crippen molar-refractivity contribution in [3.63, 3.8) is 0 Å². The number of nitrogen functional groups attached to an aromatic ring is 1. The van der Waals surface area contributed by atoms with E-state index in [-0.39, 0.29) is 4.75 Å². The van der Waals surface area contributed by atoms with Crippen molar-refractivity contribution >= 4 is 23.4 Å². The topological polar surface area (TPSA) is 65.2 Å². The van der Waals surface area contributed by atoms with Crippen molar-refractivity contribution in [3.8, 4) is 0 Å². The molecular weight excluding hydrogens is 224 g/mol. The molecule has 0 fully saturated rings. The van der Waals surface area contributed by atoms with Crippen LogP contribution in [0, 0.1) is 0 Å². The number of methoxy groups -OCH3 is 1. The van der Waals surface area contributed by atoms with Gasteiger partial charge in [-0.3, -0.25) is 0 Å². The van der Waals surface area contributed by atoms with E-state index < -0.39 is 5.97 Å². The lowest BCUT2D eigenvalue weighted by molar-refractivity contribution is 0.0601. The highest BCUT2D eigenvalue weighted by atomic mass is 32.2. The molecule has 0 saturated carbocycles. The Kier molecular flexibility index (Phi) is 3.80. The summed E-state index contributed by atoms with van der Waals surface area (Å²) in [6.07, 6.45) is 1.57. The Labute approximate surface area is 99.6 Å². The number of thioether (sulfide) groups is 1. The largest absolute Gasteiger partial charge is 0.465 e. The summed E-state index contributed by atoms with van der Waals surface area (Å²) >= 11 is 1.53. The quantitative estimate of drug-likeness (QED) is 0.635. The maximum atomic E-state index is 11.4. The van der Waals surface area contributed by atoms with Crippen molar-refractivity contribution in [1.29, 1.82) is 0 Å². The third kappa shape index (κ3) is 3.13. The molecule has 0 amide bonds. The molecule has 0 unspecified atom stereocenters. The number of rotatable bonds is 2. The molecule has 1 aromatic heterocycles. The van der Waals surface area contributed by atoms with Crippen LogP contribution in [0.2, 0.25) is 0 Å². The zero-order chi connectivity index (χ0) is 12.3. The second-order valence-corrected chi connectivity index (χ2v) is 6.10. The van der Waals surface area contributed by atoms with Crippen LogP contribution in [0.5, 0.6) is 0 Å². The predicted octanol–water partition coefficient (Wildman–Crippen LogP) is 2.34. The Morgan fingerprint density at radius 2 is 2.12 bits per heavy atom. The average molecular weight is 240 g/mol. The van der Waals surface area contributed by atoms with Crippen molar-refractivity contribution in [2.45, 2.75) is 30.5 Å². The molecule has 0 aliphatic carbocycles. The van der Waals surface area contributed by atoms with E-state index in [0.717, 1.165) is 0 Å². The summed E-state index contributed by atoms with van der Waals surface area (Å²) in [5, 5.41) is 0.662. The van der Waals surface area contributed by atoms with E-state index in [9.17, 15) is 4.79 Å². The Morgan fingerprint density at radius 1 is 1.50 bits per heavy atom. The third-order valence-corrected chi connectivity index (χ3v) is 2.89. The molecule has 0 aliphatic rings. The first-order valence-corrected chi connectivity index (χ1v) is 5.68. The fourth-order valence-electron chi connectivity index (χ4n) is 1.11. The van der Waals surface area contributed by atoms with E-state index in [2.05, 4.69) is 30.5 Å². The fourth-order valence-corrected chi connectivity index (χ4v) is 2.03. The van der Waals surface area contributed by atoms with Crippen LogP contribution in [0.25, 0.3) is 0 Å². The fraction of sp³-hybridized carbons (Fsp3) is 0.455. The number of anilines is 1. The minimum atomic E-state index is -0.435. The van der Waals surface area contributed by atoms with Gasteiger partial charge in [0.1, 0.15) is 5.03 Å². The molecule has 0 aromatic carbocycles. The first kappa shape index (κ1) is 12.8. The van der Waals surface area contributed by atoms with Gasteiger partial charge >= 0.3 is 5.97 Å². The minimum absolute atomic E-state index is 0.00410. The Bertz CT molecular complexity index is 399. The molecule has 4 nitrogen and oxygen atoms in total.